The van der Waals surface area contributed by atoms with Crippen LogP contribution in [0.4, 0.5) is 0 Å². The Balaban J connectivity index is 1.82. The number of hydrogen-bond acceptors (Lipinski definition) is 3. The molecular weight excluding hydrogens is 226 g/mol. The molecule has 3 unspecified atom stereocenters. The van der Waals surface area contributed by atoms with Crippen LogP contribution in [0, 0.1) is 5.92 Å². The molecule has 100 valence electrons. The molecular formula is C15H23NO2. The number of phenolic OH excluding ortho intramolecular Hbond substituents is 1. The van der Waals surface area contributed by atoms with Gasteiger partial charge in [-0.2, -0.15) is 0 Å². The Morgan fingerprint density at radius 2 is 2.22 bits per heavy atom. The summed E-state index contributed by atoms with van der Waals surface area (Å²) < 4.78 is 0. The first kappa shape index (κ1) is 13.4. The summed E-state index contributed by atoms with van der Waals surface area (Å²) in [6.45, 7) is 3.04. The fourth-order valence-corrected chi connectivity index (χ4v) is 2.70. The predicted octanol–water partition coefficient (Wildman–Crippen LogP) is 2.59. The third-order valence-electron chi connectivity index (χ3n) is 3.84. The van der Waals surface area contributed by atoms with Crippen molar-refractivity contribution in [1.29, 1.82) is 0 Å². The maximum absolute atomic E-state index is 9.64. The van der Waals surface area contributed by atoms with Crippen LogP contribution < -0.4 is 5.32 Å². The first-order chi connectivity index (χ1) is 8.65. The molecule has 0 saturated heterocycles. The number of hydrogen-bond donors (Lipinski definition) is 3. The Labute approximate surface area is 109 Å². The van der Waals surface area contributed by atoms with Crippen LogP contribution in [0.1, 0.15) is 44.2 Å². The van der Waals surface area contributed by atoms with Crippen LogP contribution in [0.3, 0.4) is 0 Å². The van der Waals surface area contributed by atoms with Gasteiger partial charge in [-0.3, -0.25) is 0 Å². The third kappa shape index (κ3) is 3.72. The lowest BCUT2D eigenvalue weighted by Crippen LogP contribution is -2.30. The van der Waals surface area contributed by atoms with Gasteiger partial charge in [0.05, 0.1) is 6.10 Å². The van der Waals surface area contributed by atoms with Gasteiger partial charge in [0.2, 0.25) is 0 Å². The Morgan fingerprint density at radius 1 is 1.39 bits per heavy atom. The molecule has 1 aliphatic rings. The largest absolute Gasteiger partial charge is 0.508 e. The second kappa shape index (κ2) is 6.21. The molecule has 0 amide bonds. The summed E-state index contributed by atoms with van der Waals surface area (Å²) >= 11 is 0. The van der Waals surface area contributed by atoms with Crippen LogP contribution >= 0.6 is 0 Å². The minimum Gasteiger partial charge on any atom is -0.508 e. The van der Waals surface area contributed by atoms with Gasteiger partial charge < -0.3 is 15.5 Å². The fraction of sp³-hybridized carbons (Fsp3) is 0.600. The summed E-state index contributed by atoms with van der Waals surface area (Å²) in [4.78, 5) is 0. The second-order valence-corrected chi connectivity index (χ2v) is 5.41. The quantitative estimate of drug-likeness (QED) is 0.769. The number of phenols is 1. The van der Waals surface area contributed by atoms with E-state index in [0.29, 0.717) is 11.7 Å². The number of benzene rings is 1. The van der Waals surface area contributed by atoms with Gasteiger partial charge in [-0.05, 0) is 56.3 Å². The molecule has 0 heterocycles. The minimum absolute atomic E-state index is 0.110. The zero-order valence-electron chi connectivity index (χ0n) is 11.0. The first-order valence-corrected chi connectivity index (χ1v) is 6.85. The molecule has 0 aliphatic heterocycles. The first-order valence-electron chi connectivity index (χ1n) is 6.85. The normalized spacial score (nSPS) is 25.9. The van der Waals surface area contributed by atoms with Crippen molar-refractivity contribution in [1.82, 2.24) is 5.32 Å². The van der Waals surface area contributed by atoms with Crippen LogP contribution in [0.15, 0.2) is 24.3 Å². The fourth-order valence-electron chi connectivity index (χ4n) is 2.70. The monoisotopic (exact) mass is 249 g/mol. The Bertz CT molecular complexity index is 381. The number of aliphatic hydroxyl groups excluding tert-OH is 1. The summed E-state index contributed by atoms with van der Waals surface area (Å²) in [7, 11) is 0. The standard InChI is InChI=1S/C15H23NO2/c1-11(13-5-3-7-15(18)9-13)16-10-12-4-2-6-14(17)8-12/h3,5,7,9,11-12,14,16-18H,2,4,6,8,10H2,1H3. The zero-order valence-corrected chi connectivity index (χ0v) is 11.0. The number of nitrogens with one attached hydrogen (secondary N) is 1. The van der Waals surface area contributed by atoms with Crippen LogP contribution in [-0.2, 0) is 0 Å². The summed E-state index contributed by atoms with van der Waals surface area (Å²) in [5.74, 6) is 0.891. The van der Waals surface area contributed by atoms with Gasteiger partial charge in [-0.25, -0.2) is 0 Å². The van der Waals surface area contributed by atoms with E-state index in [1.165, 1.54) is 6.42 Å². The molecule has 3 heteroatoms. The highest BCUT2D eigenvalue weighted by Gasteiger charge is 2.20. The van der Waals surface area contributed by atoms with E-state index in [1.54, 1.807) is 12.1 Å². The topological polar surface area (TPSA) is 52.5 Å². The van der Waals surface area contributed by atoms with Crippen LogP contribution in [0.5, 0.6) is 5.75 Å². The molecule has 18 heavy (non-hydrogen) atoms. The van der Waals surface area contributed by atoms with Crippen LogP contribution in [-0.4, -0.2) is 22.9 Å². The van der Waals surface area contributed by atoms with E-state index in [4.69, 9.17) is 0 Å². The maximum atomic E-state index is 9.64. The van der Waals surface area contributed by atoms with Crippen molar-refractivity contribution in [2.24, 2.45) is 5.92 Å². The highest BCUT2D eigenvalue weighted by molar-refractivity contribution is 5.28. The van der Waals surface area contributed by atoms with Crippen molar-refractivity contribution >= 4 is 0 Å². The van der Waals surface area contributed by atoms with E-state index in [9.17, 15) is 10.2 Å². The highest BCUT2D eigenvalue weighted by Crippen LogP contribution is 2.24. The van der Waals surface area contributed by atoms with Crippen molar-refractivity contribution < 1.29 is 10.2 Å². The highest BCUT2D eigenvalue weighted by atomic mass is 16.3. The third-order valence-corrected chi connectivity index (χ3v) is 3.84. The molecule has 3 N–H and O–H groups in total. The number of aromatic hydroxyl groups is 1. The molecule has 3 atom stereocenters. The van der Waals surface area contributed by atoms with Gasteiger partial charge >= 0.3 is 0 Å². The lowest BCUT2D eigenvalue weighted by atomic mass is 9.87. The molecule has 1 aliphatic carbocycles. The minimum atomic E-state index is -0.110. The van der Waals surface area contributed by atoms with Gasteiger partial charge in [0.1, 0.15) is 5.75 Å². The van der Waals surface area contributed by atoms with Gasteiger partial charge in [0, 0.05) is 6.04 Å². The van der Waals surface area contributed by atoms with E-state index < -0.39 is 0 Å². The smallest absolute Gasteiger partial charge is 0.115 e. The average molecular weight is 249 g/mol. The van der Waals surface area contributed by atoms with Gasteiger partial charge in [-0.15, -0.1) is 0 Å². The second-order valence-electron chi connectivity index (χ2n) is 5.41. The number of aliphatic hydroxyl groups is 1. The summed E-state index contributed by atoms with van der Waals surface area (Å²) in [6, 6.07) is 7.61. The number of rotatable bonds is 4. The summed E-state index contributed by atoms with van der Waals surface area (Å²) in [5.41, 5.74) is 1.10. The van der Waals surface area contributed by atoms with E-state index in [1.807, 2.05) is 12.1 Å². The van der Waals surface area contributed by atoms with Crippen LogP contribution in [0.2, 0.25) is 0 Å². The maximum Gasteiger partial charge on any atom is 0.115 e. The Morgan fingerprint density at radius 3 is 2.94 bits per heavy atom. The average Bonchev–Trinajstić information content (AvgIpc) is 2.36. The predicted molar refractivity (Wildman–Crippen MR) is 72.5 cm³/mol. The molecule has 0 aromatic heterocycles. The SMILES string of the molecule is CC(NCC1CCCC(O)C1)c1cccc(O)c1. The van der Waals surface area contributed by atoms with E-state index in [2.05, 4.69) is 12.2 Å². The molecule has 3 nitrogen and oxygen atoms in total. The van der Waals surface area contributed by atoms with Gasteiger partial charge in [0.15, 0.2) is 0 Å². The summed E-state index contributed by atoms with van der Waals surface area (Å²) in [6.07, 6.45) is 4.10. The molecule has 1 saturated carbocycles. The van der Waals surface area contributed by atoms with Crippen molar-refractivity contribution in [3.05, 3.63) is 29.8 Å². The zero-order chi connectivity index (χ0) is 13.0. The summed E-state index contributed by atoms with van der Waals surface area (Å²) in [5, 5.41) is 22.6. The van der Waals surface area contributed by atoms with Crippen LogP contribution in [0.25, 0.3) is 0 Å². The van der Waals surface area contributed by atoms with Crippen molar-refractivity contribution in [3.8, 4) is 5.75 Å². The Hall–Kier alpha value is -1.06. The lowest BCUT2D eigenvalue weighted by molar-refractivity contribution is 0.0998. The van der Waals surface area contributed by atoms with E-state index in [0.717, 1.165) is 31.4 Å². The molecule has 1 aromatic rings. The van der Waals surface area contributed by atoms with Crippen molar-refractivity contribution in [2.75, 3.05) is 6.54 Å². The van der Waals surface area contributed by atoms with E-state index >= 15 is 0 Å². The molecule has 2 rings (SSSR count). The van der Waals surface area contributed by atoms with Crippen molar-refractivity contribution in [2.45, 2.75) is 44.8 Å². The Kier molecular flexibility index (Phi) is 4.61. The molecule has 1 aromatic carbocycles. The van der Waals surface area contributed by atoms with Crippen molar-refractivity contribution in [3.63, 3.8) is 0 Å². The molecule has 0 spiro atoms. The molecule has 0 radical (unpaired) electrons. The molecule has 0 bridgehead atoms. The molecule has 1 fully saturated rings. The lowest BCUT2D eigenvalue weighted by Gasteiger charge is -2.27. The van der Waals surface area contributed by atoms with E-state index in [-0.39, 0.29) is 12.1 Å². The van der Waals surface area contributed by atoms with Gasteiger partial charge in [-0.1, -0.05) is 18.6 Å². The van der Waals surface area contributed by atoms with Gasteiger partial charge in [0.25, 0.3) is 0 Å².